The first-order chi connectivity index (χ1) is 15.2. The van der Waals surface area contributed by atoms with Gasteiger partial charge in [-0.15, -0.1) is 22.7 Å². The molecule has 5 rings (SSSR count). The number of nitrogens with zero attached hydrogens (tertiary/aromatic N) is 3. The quantitative estimate of drug-likeness (QED) is 0.369. The van der Waals surface area contributed by atoms with Crippen LogP contribution in [0.2, 0.25) is 0 Å². The Morgan fingerprint density at radius 1 is 1.03 bits per heavy atom. The molecule has 0 spiro atoms. The van der Waals surface area contributed by atoms with Crippen LogP contribution in [0.5, 0.6) is 5.75 Å². The van der Waals surface area contributed by atoms with Crippen molar-refractivity contribution in [3.8, 4) is 15.6 Å². The summed E-state index contributed by atoms with van der Waals surface area (Å²) in [6, 6.07) is 17.3. The summed E-state index contributed by atoms with van der Waals surface area (Å²) in [6.07, 6.45) is 4.13. The van der Waals surface area contributed by atoms with Crippen molar-refractivity contribution in [3.63, 3.8) is 0 Å². The Morgan fingerprint density at radius 3 is 2.87 bits per heavy atom. The zero-order valence-corrected chi connectivity index (χ0v) is 18.0. The van der Waals surface area contributed by atoms with Crippen LogP contribution >= 0.6 is 22.7 Å². The van der Waals surface area contributed by atoms with Gasteiger partial charge in [-0.05, 0) is 35.7 Å². The Bertz CT molecular complexity index is 1290. The topological polar surface area (TPSA) is 68.5 Å². The van der Waals surface area contributed by atoms with Gasteiger partial charge in [0.05, 0.1) is 22.7 Å². The molecular formula is C23H18N4O2S2. The van der Waals surface area contributed by atoms with Gasteiger partial charge in [-0.1, -0.05) is 18.2 Å². The fraction of sp³-hybridized carbons (Fsp3) is 0.0870. The van der Waals surface area contributed by atoms with Gasteiger partial charge in [-0.25, -0.2) is 9.97 Å². The SMILES string of the molecule is O=C(Cc1csc(-c2cccs2)n1)Nc1cccc(OCc2cn3ccccc3n2)c1. The molecule has 0 aliphatic carbocycles. The van der Waals surface area contributed by atoms with E-state index < -0.39 is 0 Å². The van der Waals surface area contributed by atoms with Crippen LogP contribution in [0.4, 0.5) is 5.69 Å². The number of amides is 1. The summed E-state index contributed by atoms with van der Waals surface area (Å²) >= 11 is 3.20. The number of carbonyl (C=O) groups is 1. The predicted octanol–water partition coefficient (Wildman–Crippen LogP) is 5.28. The fourth-order valence-corrected chi connectivity index (χ4v) is 4.78. The Balaban J connectivity index is 1.19. The van der Waals surface area contributed by atoms with E-state index in [9.17, 15) is 4.79 Å². The highest BCUT2D eigenvalue weighted by atomic mass is 32.1. The zero-order valence-electron chi connectivity index (χ0n) is 16.4. The van der Waals surface area contributed by atoms with Crippen molar-refractivity contribution in [1.29, 1.82) is 0 Å². The molecule has 8 heteroatoms. The fourth-order valence-electron chi connectivity index (χ4n) is 3.15. The number of thiazole rings is 1. The molecule has 0 aliphatic heterocycles. The minimum atomic E-state index is -0.111. The lowest BCUT2D eigenvalue weighted by molar-refractivity contribution is -0.115. The van der Waals surface area contributed by atoms with Gasteiger partial charge in [0.1, 0.15) is 23.0 Å². The highest BCUT2D eigenvalue weighted by Gasteiger charge is 2.10. The smallest absolute Gasteiger partial charge is 0.230 e. The average molecular weight is 447 g/mol. The third kappa shape index (κ3) is 4.65. The molecule has 4 aromatic heterocycles. The summed E-state index contributed by atoms with van der Waals surface area (Å²) < 4.78 is 7.83. The van der Waals surface area contributed by atoms with Gasteiger partial charge in [0.15, 0.2) is 0 Å². The molecule has 31 heavy (non-hydrogen) atoms. The molecule has 1 aromatic carbocycles. The van der Waals surface area contributed by atoms with Crippen molar-refractivity contribution < 1.29 is 9.53 Å². The minimum Gasteiger partial charge on any atom is -0.487 e. The predicted molar refractivity (Wildman–Crippen MR) is 124 cm³/mol. The second kappa shape index (κ2) is 8.71. The largest absolute Gasteiger partial charge is 0.487 e. The molecule has 5 aromatic rings. The third-order valence-corrected chi connectivity index (χ3v) is 6.47. The van der Waals surface area contributed by atoms with Crippen LogP contribution in [0.15, 0.2) is 77.8 Å². The molecule has 0 saturated heterocycles. The summed E-state index contributed by atoms with van der Waals surface area (Å²) in [5, 5.41) is 7.82. The second-order valence-corrected chi connectivity index (χ2v) is 8.67. The van der Waals surface area contributed by atoms with Crippen molar-refractivity contribution >= 4 is 39.9 Å². The number of thiophene rings is 1. The van der Waals surface area contributed by atoms with Crippen molar-refractivity contribution in [1.82, 2.24) is 14.4 Å². The van der Waals surface area contributed by atoms with E-state index in [0.717, 1.165) is 26.9 Å². The van der Waals surface area contributed by atoms with E-state index in [-0.39, 0.29) is 12.3 Å². The number of nitrogens with one attached hydrogen (secondary N) is 1. The van der Waals surface area contributed by atoms with Gasteiger partial charge >= 0.3 is 0 Å². The summed E-state index contributed by atoms with van der Waals surface area (Å²) in [6.45, 7) is 0.351. The maximum absolute atomic E-state index is 12.5. The summed E-state index contributed by atoms with van der Waals surface area (Å²) in [5.74, 6) is 0.559. The van der Waals surface area contributed by atoms with E-state index in [0.29, 0.717) is 18.0 Å². The van der Waals surface area contributed by atoms with Crippen LogP contribution in [-0.4, -0.2) is 20.3 Å². The third-order valence-electron chi connectivity index (χ3n) is 4.54. The lowest BCUT2D eigenvalue weighted by atomic mass is 10.2. The van der Waals surface area contributed by atoms with E-state index in [1.165, 1.54) is 0 Å². The van der Waals surface area contributed by atoms with Gasteiger partial charge < -0.3 is 14.5 Å². The number of fused-ring (bicyclic) bond motifs is 1. The Hall–Kier alpha value is -3.49. The average Bonchev–Trinajstić information content (AvgIpc) is 3.52. The van der Waals surface area contributed by atoms with Crippen LogP contribution in [0.3, 0.4) is 0 Å². The first-order valence-electron chi connectivity index (χ1n) is 9.66. The molecule has 1 N–H and O–H groups in total. The minimum absolute atomic E-state index is 0.111. The van der Waals surface area contributed by atoms with Gasteiger partial charge in [-0.3, -0.25) is 4.79 Å². The van der Waals surface area contributed by atoms with Crippen LogP contribution in [-0.2, 0) is 17.8 Å². The number of hydrogen-bond donors (Lipinski definition) is 1. The number of carbonyl (C=O) groups excluding carboxylic acids is 1. The molecule has 4 heterocycles. The first kappa shape index (κ1) is 19.5. The van der Waals surface area contributed by atoms with Crippen LogP contribution < -0.4 is 10.1 Å². The van der Waals surface area contributed by atoms with Crippen LogP contribution in [0, 0.1) is 0 Å². The molecule has 0 saturated carbocycles. The van der Waals surface area contributed by atoms with Crippen LogP contribution in [0.1, 0.15) is 11.4 Å². The lowest BCUT2D eigenvalue weighted by Gasteiger charge is -2.08. The number of ether oxygens (including phenoxy) is 1. The monoisotopic (exact) mass is 446 g/mol. The van der Waals surface area contributed by atoms with Gasteiger partial charge in [0.2, 0.25) is 5.91 Å². The lowest BCUT2D eigenvalue weighted by Crippen LogP contribution is -2.14. The molecule has 0 fully saturated rings. The number of pyridine rings is 1. The number of imidazole rings is 1. The van der Waals surface area contributed by atoms with E-state index in [2.05, 4.69) is 15.3 Å². The zero-order chi connectivity index (χ0) is 21.0. The summed E-state index contributed by atoms with van der Waals surface area (Å²) in [5.41, 5.74) is 3.17. The van der Waals surface area contributed by atoms with Gasteiger partial charge in [-0.2, -0.15) is 0 Å². The number of aromatic nitrogens is 3. The van der Waals surface area contributed by atoms with E-state index >= 15 is 0 Å². The standard InChI is InChI=1S/C23H18N4O2S2/c28-22(12-17-15-31-23(26-17)20-7-4-10-30-20)25-16-5-3-6-19(11-16)29-14-18-13-27-9-2-1-8-21(27)24-18/h1-11,13,15H,12,14H2,(H,25,28). The number of hydrogen-bond acceptors (Lipinski definition) is 6. The molecule has 1 amide bonds. The normalized spacial score (nSPS) is 11.0. The molecule has 0 atom stereocenters. The molecule has 6 nitrogen and oxygen atoms in total. The molecule has 154 valence electrons. The molecular weight excluding hydrogens is 428 g/mol. The molecule has 0 aliphatic rings. The second-order valence-electron chi connectivity index (χ2n) is 6.86. The number of anilines is 1. The number of benzene rings is 1. The maximum atomic E-state index is 12.5. The Morgan fingerprint density at radius 2 is 2.00 bits per heavy atom. The van der Waals surface area contributed by atoms with E-state index in [1.54, 1.807) is 22.7 Å². The van der Waals surface area contributed by atoms with Crippen LogP contribution in [0.25, 0.3) is 15.5 Å². The molecule has 0 bridgehead atoms. The van der Waals surface area contributed by atoms with Gasteiger partial charge in [0, 0.05) is 29.5 Å². The maximum Gasteiger partial charge on any atom is 0.230 e. The van der Waals surface area contributed by atoms with E-state index in [4.69, 9.17) is 4.74 Å². The molecule has 0 unspecified atom stereocenters. The number of rotatable bonds is 7. The van der Waals surface area contributed by atoms with Crippen molar-refractivity contribution in [2.24, 2.45) is 0 Å². The first-order valence-corrected chi connectivity index (χ1v) is 11.4. The van der Waals surface area contributed by atoms with Crippen molar-refractivity contribution in [2.75, 3.05) is 5.32 Å². The molecule has 0 radical (unpaired) electrons. The summed E-state index contributed by atoms with van der Waals surface area (Å²) in [4.78, 5) is 22.7. The summed E-state index contributed by atoms with van der Waals surface area (Å²) in [7, 11) is 0. The van der Waals surface area contributed by atoms with Gasteiger partial charge in [0.25, 0.3) is 0 Å². The van der Waals surface area contributed by atoms with E-state index in [1.807, 2.05) is 82.2 Å². The highest BCUT2D eigenvalue weighted by Crippen LogP contribution is 2.28. The Labute approximate surface area is 186 Å². The van der Waals surface area contributed by atoms with Crippen molar-refractivity contribution in [3.05, 3.63) is 89.1 Å². The highest BCUT2D eigenvalue weighted by molar-refractivity contribution is 7.20. The Kier molecular flexibility index (Phi) is 5.47. The van der Waals surface area contributed by atoms with Crippen molar-refractivity contribution in [2.45, 2.75) is 13.0 Å².